The number of ether oxygens (including phenoxy) is 1. The van der Waals surface area contributed by atoms with E-state index in [0.29, 0.717) is 13.0 Å². The largest absolute Gasteiger partial charge is 0.469 e. The fourth-order valence-electron chi connectivity index (χ4n) is 0.994. The molecule has 0 radical (unpaired) electrons. The predicted molar refractivity (Wildman–Crippen MR) is 68.9 cm³/mol. The van der Waals surface area contributed by atoms with E-state index in [2.05, 4.69) is 38.6 Å². The molecule has 0 aliphatic carbocycles. The molecule has 0 fully saturated rings. The predicted octanol–water partition coefficient (Wildman–Crippen LogP) is 3.21. The van der Waals surface area contributed by atoms with Gasteiger partial charge in [0, 0.05) is 6.61 Å². The fourth-order valence-corrected chi connectivity index (χ4v) is 2.13. The quantitative estimate of drug-likeness (QED) is 0.552. The van der Waals surface area contributed by atoms with Crippen LogP contribution in [0.3, 0.4) is 0 Å². The average molecular weight is 246 g/mol. The highest BCUT2D eigenvalue weighted by atomic mass is 28.4. The van der Waals surface area contributed by atoms with Crippen LogP contribution < -0.4 is 0 Å². The second-order valence-electron chi connectivity index (χ2n) is 5.96. The Morgan fingerprint density at radius 1 is 1.31 bits per heavy atom. The number of esters is 1. The molecule has 96 valence electrons. The van der Waals surface area contributed by atoms with E-state index < -0.39 is 8.32 Å². The minimum atomic E-state index is -1.68. The van der Waals surface area contributed by atoms with Gasteiger partial charge in [-0.2, -0.15) is 0 Å². The average Bonchev–Trinajstić information content (AvgIpc) is 2.13. The maximum Gasteiger partial charge on any atom is 0.305 e. The number of methoxy groups -OCH3 is 1. The summed E-state index contributed by atoms with van der Waals surface area (Å²) in [7, 11) is -0.261. The van der Waals surface area contributed by atoms with E-state index in [0.717, 1.165) is 0 Å². The van der Waals surface area contributed by atoms with Crippen LogP contribution in [0.15, 0.2) is 0 Å². The van der Waals surface area contributed by atoms with Gasteiger partial charge in [-0.05, 0) is 24.1 Å². The molecule has 0 aromatic heterocycles. The number of carbonyl (C=O) groups excluding carboxylic acids is 1. The lowest BCUT2D eigenvalue weighted by Crippen LogP contribution is -2.41. The molecule has 0 saturated carbocycles. The minimum absolute atomic E-state index is 0.161. The molecule has 0 bridgehead atoms. The van der Waals surface area contributed by atoms with E-state index in [4.69, 9.17) is 4.43 Å². The van der Waals surface area contributed by atoms with Gasteiger partial charge in [-0.15, -0.1) is 0 Å². The second-order valence-corrected chi connectivity index (χ2v) is 10.8. The van der Waals surface area contributed by atoms with Crippen molar-refractivity contribution in [3.63, 3.8) is 0 Å². The summed E-state index contributed by atoms with van der Waals surface area (Å²) in [5.41, 5.74) is 0. The Morgan fingerprint density at radius 3 is 2.19 bits per heavy atom. The summed E-state index contributed by atoms with van der Waals surface area (Å²) in [5.74, 6) is 0.0629. The van der Waals surface area contributed by atoms with E-state index in [9.17, 15) is 4.79 Å². The monoisotopic (exact) mass is 246 g/mol. The van der Waals surface area contributed by atoms with E-state index in [-0.39, 0.29) is 16.9 Å². The van der Waals surface area contributed by atoms with Crippen LogP contribution in [0.25, 0.3) is 0 Å². The first kappa shape index (κ1) is 15.6. The Hall–Kier alpha value is -0.353. The minimum Gasteiger partial charge on any atom is -0.469 e. The van der Waals surface area contributed by atoms with Crippen LogP contribution in [0, 0.1) is 5.92 Å². The molecule has 0 heterocycles. The third kappa shape index (κ3) is 5.12. The zero-order chi connectivity index (χ0) is 13.0. The number of rotatable bonds is 5. The number of carbonyl (C=O) groups is 1. The molecular weight excluding hydrogens is 220 g/mol. The molecule has 0 N–H and O–H groups in total. The number of hydrogen-bond acceptors (Lipinski definition) is 3. The Labute approximate surface area is 101 Å². The van der Waals surface area contributed by atoms with Crippen LogP contribution in [-0.2, 0) is 14.0 Å². The highest BCUT2D eigenvalue weighted by molar-refractivity contribution is 6.74. The molecule has 3 nitrogen and oxygen atoms in total. The van der Waals surface area contributed by atoms with Gasteiger partial charge in [0.05, 0.1) is 13.5 Å². The van der Waals surface area contributed by atoms with Gasteiger partial charge in [-0.25, -0.2) is 0 Å². The first-order valence-corrected chi connectivity index (χ1v) is 8.71. The lowest BCUT2D eigenvalue weighted by Gasteiger charge is -2.36. The third-order valence-electron chi connectivity index (χ3n) is 3.28. The zero-order valence-corrected chi connectivity index (χ0v) is 12.7. The molecule has 0 aliphatic heterocycles. The van der Waals surface area contributed by atoms with Crippen LogP contribution in [0.4, 0.5) is 0 Å². The van der Waals surface area contributed by atoms with Crippen molar-refractivity contribution in [2.24, 2.45) is 5.92 Å². The van der Waals surface area contributed by atoms with Crippen molar-refractivity contribution >= 4 is 14.3 Å². The summed E-state index contributed by atoms with van der Waals surface area (Å²) in [6.07, 6.45) is 0.436. The molecule has 0 rings (SSSR count). The van der Waals surface area contributed by atoms with Crippen molar-refractivity contribution < 1.29 is 14.0 Å². The SMILES string of the molecule is COC(=O)C[C@H](C)CO[Si](C)(C)C(C)(C)C. The van der Waals surface area contributed by atoms with Crippen molar-refractivity contribution in [3.05, 3.63) is 0 Å². The van der Waals surface area contributed by atoms with Crippen LogP contribution in [0.2, 0.25) is 18.1 Å². The van der Waals surface area contributed by atoms with Crippen molar-refractivity contribution in [2.45, 2.75) is 52.2 Å². The zero-order valence-electron chi connectivity index (χ0n) is 11.7. The molecule has 0 unspecified atom stereocenters. The van der Waals surface area contributed by atoms with Gasteiger partial charge in [-0.1, -0.05) is 27.7 Å². The van der Waals surface area contributed by atoms with Crippen LogP contribution in [0.1, 0.15) is 34.1 Å². The Morgan fingerprint density at radius 2 is 1.81 bits per heavy atom. The van der Waals surface area contributed by atoms with Crippen LogP contribution >= 0.6 is 0 Å². The van der Waals surface area contributed by atoms with E-state index in [1.165, 1.54) is 7.11 Å². The van der Waals surface area contributed by atoms with Crippen molar-refractivity contribution in [1.82, 2.24) is 0 Å². The highest BCUT2D eigenvalue weighted by Gasteiger charge is 2.37. The van der Waals surface area contributed by atoms with Crippen molar-refractivity contribution in [1.29, 1.82) is 0 Å². The molecule has 0 aromatic carbocycles. The summed E-state index contributed by atoms with van der Waals surface area (Å²) in [6, 6.07) is 0. The molecule has 0 aliphatic rings. The highest BCUT2D eigenvalue weighted by Crippen LogP contribution is 2.36. The van der Waals surface area contributed by atoms with Crippen molar-refractivity contribution in [2.75, 3.05) is 13.7 Å². The van der Waals surface area contributed by atoms with Crippen LogP contribution in [-0.4, -0.2) is 28.0 Å². The lowest BCUT2D eigenvalue weighted by molar-refractivity contribution is -0.141. The third-order valence-corrected chi connectivity index (χ3v) is 7.78. The normalized spacial score (nSPS) is 14.7. The van der Waals surface area contributed by atoms with Crippen molar-refractivity contribution in [3.8, 4) is 0 Å². The molecule has 0 aromatic rings. The van der Waals surface area contributed by atoms with E-state index in [1.807, 2.05) is 6.92 Å². The summed E-state index contributed by atoms with van der Waals surface area (Å²) >= 11 is 0. The Balaban J connectivity index is 4.10. The second kappa shape index (κ2) is 5.82. The summed E-state index contributed by atoms with van der Waals surface area (Å²) in [5, 5.41) is 0.220. The Kier molecular flexibility index (Phi) is 5.69. The summed E-state index contributed by atoms with van der Waals surface area (Å²) in [6.45, 7) is 13.7. The van der Waals surface area contributed by atoms with Gasteiger partial charge in [0.15, 0.2) is 8.32 Å². The molecule has 0 saturated heterocycles. The standard InChI is InChI=1S/C12H26O3Si/c1-10(8-11(13)14-5)9-15-16(6,7)12(2,3)4/h10H,8-9H2,1-7H3/t10-/m0/s1. The fraction of sp³-hybridized carbons (Fsp3) is 0.917. The molecule has 16 heavy (non-hydrogen) atoms. The van der Waals surface area contributed by atoms with Gasteiger partial charge in [0.2, 0.25) is 0 Å². The molecular formula is C12H26O3Si. The molecule has 1 atom stereocenters. The van der Waals surface area contributed by atoms with E-state index >= 15 is 0 Å². The topological polar surface area (TPSA) is 35.5 Å². The Bertz CT molecular complexity index is 231. The molecule has 4 heteroatoms. The van der Waals surface area contributed by atoms with E-state index in [1.54, 1.807) is 0 Å². The lowest BCUT2D eigenvalue weighted by atomic mass is 10.1. The van der Waals surface area contributed by atoms with Gasteiger partial charge < -0.3 is 9.16 Å². The van der Waals surface area contributed by atoms with Gasteiger partial charge in [0.25, 0.3) is 0 Å². The number of hydrogen-bond donors (Lipinski definition) is 0. The maximum absolute atomic E-state index is 11.1. The summed E-state index contributed by atoms with van der Waals surface area (Å²) in [4.78, 5) is 11.1. The molecule has 0 spiro atoms. The first-order chi connectivity index (χ1) is 7.10. The summed E-state index contributed by atoms with van der Waals surface area (Å²) < 4.78 is 10.7. The smallest absolute Gasteiger partial charge is 0.305 e. The van der Waals surface area contributed by atoms with Gasteiger partial charge in [0.1, 0.15) is 0 Å². The van der Waals surface area contributed by atoms with Crippen LogP contribution in [0.5, 0.6) is 0 Å². The van der Waals surface area contributed by atoms with Gasteiger partial charge in [-0.3, -0.25) is 4.79 Å². The molecule has 0 amide bonds. The van der Waals surface area contributed by atoms with Gasteiger partial charge >= 0.3 is 5.97 Å². The first-order valence-electron chi connectivity index (χ1n) is 5.81. The maximum atomic E-state index is 11.1.